The third kappa shape index (κ3) is 5.23. The summed E-state index contributed by atoms with van der Waals surface area (Å²) in [5, 5.41) is 0. The van der Waals surface area contributed by atoms with E-state index in [0.717, 1.165) is 18.0 Å². The maximum atomic E-state index is 5.57. The lowest BCUT2D eigenvalue weighted by atomic mass is 10.3. The predicted octanol–water partition coefficient (Wildman–Crippen LogP) is 3.30. The van der Waals surface area contributed by atoms with Crippen LogP contribution in [0.2, 0.25) is 0 Å². The molecule has 1 aromatic heterocycles. The quantitative estimate of drug-likeness (QED) is 0.820. The zero-order chi connectivity index (χ0) is 12.0. The molecule has 0 aromatic carbocycles. The van der Waals surface area contributed by atoms with Crippen molar-refractivity contribution in [1.82, 2.24) is 4.98 Å². The zero-order valence-corrected chi connectivity index (χ0v) is 11.8. The van der Waals surface area contributed by atoms with Crippen LogP contribution < -0.4 is 5.73 Å². The maximum Gasteiger partial charge on any atom is 0.0927 e. The molecule has 0 saturated carbocycles. The van der Waals surface area contributed by atoms with Crippen LogP contribution in [-0.4, -0.2) is 22.0 Å². The number of hydrogen-bond acceptors (Lipinski definition) is 4. The second-order valence-corrected chi connectivity index (χ2v) is 7.92. The number of pyridine rings is 1. The van der Waals surface area contributed by atoms with Crippen LogP contribution in [0.1, 0.15) is 31.0 Å². The molecule has 0 fully saturated rings. The molecular weight excluding hydrogens is 236 g/mol. The van der Waals surface area contributed by atoms with Crippen molar-refractivity contribution in [2.75, 3.05) is 12.3 Å². The van der Waals surface area contributed by atoms with Crippen molar-refractivity contribution >= 4 is 23.5 Å². The Morgan fingerprint density at radius 3 is 2.62 bits per heavy atom. The minimum Gasteiger partial charge on any atom is -0.330 e. The molecule has 16 heavy (non-hydrogen) atoms. The van der Waals surface area contributed by atoms with E-state index in [1.807, 2.05) is 41.9 Å². The SMILES string of the molecule is CC(C)(C)SC(SCCN)c1ccccn1. The first kappa shape index (κ1) is 13.9. The van der Waals surface area contributed by atoms with Crippen LogP contribution in [0.15, 0.2) is 24.4 Å². The van der Waals surface area contributed by atoms with Crippen LogP contribution in [0.4, 0.5) is 0 Å². The Bertz CT molecular complexity index is 296. The number of hydrogen-bond donors (Lipinski definition) is 1. The van der Waals surface area contributed by atoms with E-state index >= 15 is 0 Å². The van der Waals surface area contributed by atoms with Gasteiger partial charge in [0, 0.05) is 23.2 Å². The zero-order valence-electron chi connectivity index (χ0n) is 10.1. The van der Waals surface area contributed by atoms with Crippen LogP contribution in [0.5, 0.6) is 0 Å². The average molecular weight is 256 g/mol. The monoisotopic (exact) mass is 256 g/mol. The molecule has 0 aliphatic heterocycles. The van der Waals surface area contributed by atoms with Gasteiger partial charge in [-0.1, -0.05) is 26.8 Å². The topological polar surface area (TPSA) is 38.9 Å². The van der Waals surface area contributed by atoms with E-state index in [0.29, 0.717) is 4.58 Å². The first-order valence-electron chi connectivity index (χ1n) is 5.43. The summed E-state index contributed by atoms with van der Waals surface area (Å²) in [7, 11) is 0. The number of nitrogens with two attached hydrogens (primary N) is 1. The Kier molecular flexibility index (Phi) is 5.66. The number of thioether (sulfide) groups is 2. The molecule has 0 aliphatic rings. The fraction of sp³-hybridized carbons (Fsp3) is 0.583. The summed E-state index contributed by atoms with van der Waals surface area (Å²) in [4.78, 5) is 4.43. The minimum absolute atomic E-state index is 0.240. The van der Waals surface area contributed by atoms with Gasteiger partial charge < -0.3 is 5.73 Å². The highest BCUT2D eigenvalue weighted by molar-refractivity contribution is 8.16. The molecule has 0 saturated heterocycles. The minimum atomic E-state index is 0.240. The van der Waals surface area contributed by atoms with Gasteiger partial charge in [0.1, 0.15) is 0 Å². The van der Waals surface area contributed by atoms with E-state index in [1.54, 1.807) is 0 Å². The number of rotatable bonds is 5. The maximum absolute atomic E-state index is 5.57. The highest BCUT2D eigenvalue weighted by Gasteiger charge is 2.21. The molecule has 4 heteroatoms. The summed E-state index contributed by atoms with van der Waals surface area (Å²) >= 11 is 3.82. The second kappa shape index (κ2) is 6.52. The molecule has 0 aliphatic carbocycles. The van der Waals surface area contributed by atoms with Gasteiger partial charge >= 0.3 is 0 Å². The second-order valence-electron chi connectivity index (χ2n) is 4.48. The molecular formula is C12H20N2S2. The Hall–Kier alpha value is -0.190. The Morgan fingerprint density at radius 1 is 1.38 bits per heavy atom. The van der Waals surface area contributed by atoms with Crippen molar-refractivity contribution in [3.63, 3.8) is 0 Å². The number of nitrogens with zero attached hydrogens (tertiary/aromatic N) is 1. The lowest BCUT2D eigenvalue weighted by Crippen LogP contribution is -2.12. The molecule has 1 atom stereocenters. The molecule has 2 nitrogen and oxygen atoms in total. The highest BCUT2D eigenvalue weighted by Crippen LogP contribution is 2.44. The molecule has 0 amide bonds. The first-order valence-corrected chi connectivity index (χ1v) is 7.36. The largest absolute Gasteiger partial charge is 0.330 e. The molecule has 0 bridgehead atoms. The third-order valence-corrected chi connectivity index (χ3v) is 4.65. The van der Waals surface area contributed by atoms with Crippen LogP contribution in [0, 0.1) is 0 Å². The van der Waals surface area contributed by atoms with Crippen LogP contribution in [0.25, 0.3) is 0 Å². The summed E-state index contributed by atoms with van der Waals surface area (Å²) in [5.41, 5.74) is 6.71. The summed E-state index contributed by atoms with van der Waals surface area (Å²) in [5.74, 6) is 0.977. The first-order chi connectivity index (χ1) is 7.53. The van der Waals surface area contributed by atoms with E-state index in [1.165, 1.54) is 0 Å². The van der Waals surface area contributed by atoms with Crippen LogP contribution in [0.3, 0.4) is 0 Å². The summed E-state index contributed by atoms with van der Waals surface area (Å²) in [6.07, 6.45) is 1.86. The number of aromatic nitrogens is 1. The fourth-order valence-corrected chi connectivity index (χ4v) is 4.18. The van der Waals surface area contributed by atoms with Crippen molar-refractivity contribution in [3.8, 4) is 0 Å². The molecule has 0 spiro atoms. The van der Waals surface area contributed by atoms with Gasteiger partial charge in [0.05, 0.1) is 10.3 Å². The molecule has 2 N–H and O–H groups in total. The van der Waals surface area contributed by atoms with Gasteiger partial charge in [0.15, 0.2) is 0 Å². The summed E-state index contributed by atoms with van der Waals surface area (Å²) < 4.78 is 0.619. The lowest BCUT2D eigenvalue weighted by Gasteiger charge is -2.24. The van der Waals surface area contributed by atoms with E-state index < -0.39 is 0 Å². The highest BCUT2D eigenvalue weighted by atomic mass is 32.2. The van der Waals surface area contributed by atoms with Crippen LogP contribution >= 0.6 is 23.5 Å². The normalized spacial score (nSPS) is 13.8. The summed E-state index contributed by atoms with van der Waals surface area (Å²) in [6, 6.07) is 6.09. The molecule has 1 aromatic rings. The van der Waals surface area contributed by atoms with E-state index in [9.17, 15) is 0 Å². The Balaban J connectivity index is 2.71. The Morgan fingerprint density at radius 2 is 2.12 bits per heavy atom. The molecule has 1 rings (SSSR count). The molecule has 0 radical (unpaired) electrons. The van der Waals surface area contributed by atoms with Gasteiger partial charge in [-0.05, 0) is 12.1 Å². The Labute approximate surface area is 107 Å². The fourth-order valence-electron chi connectivity index (χ4n) is 1.19. The molecule has 1 unspecified atom stereocenters. The van der Waals surface area contributed by atoms with E-state index in [-0.39, 0.29) is 4.75 Å². The predicted molar refractivity (Wildman–Crippen MR) is 75.8 cm³/mol. The summed E-state index contributed by atoms with van der Waals surface area (Å²) in [6.45, 7) is 7.42. The van der Waals surface area contributed by atoms with Crippen LogP contribution in [-0.2, 0) is 0 Å². The molecule has 1 heterocycles. The van der Waals surface area contributed by atoms with Gasteiger partial charge in [0.2, 0.25) is 0 Å². The van der Waals surface area contributed by atoms with Gasteiger partial charge in [-0.15, -0.1) is 23.5 Å². The van der Waals surface area contributed by atoms with Crippen molar-refractivity contribution in [3.05, 3.63) is 30.1 Å². The smallest absolute Gasteiger partial charge is 0.0927 e. The third-order valence-electron chi connectivity index (χ3n) is 1.78. The standard InChI is InChI=1S/C12H20N2S2/c1-12(2,3)16-11(15-9-7-13)10-6-4-5-8-14-10/h4-6,8,11H,7,9,13H2,1-3H3. The van der Waals surface area contributed by atoms with Gasteiger partial charge in [-0.25, -0.2) is 0 Å². The lowest BCUT2D eigenvalue weighted by molar-refractivity contribution is 0.800. The average Bonchev–Trinajstić information content (AvgIpc) is 2.24. The van der Waals surface area contributed by atoms with Crippen molar-refractivity contribution in [2.45, 2.75) is 30.1 Å². The van der Waals surface area contributed by atoms with Crippen molar-refractivity contribution < 1.29 is 0 Å². The van der Waals surface area contributed by atoms with E-state index in [4.69, 9.17) is 5.73 Å². The van der Waals surface area contributed by atoms with E-state index in [2.05, 4.69) is 31.8 Å². The van der Waals surface area contributed by atoms with Gasteiger partial charge in [0.25, 0.3) is 0 Å². The van der Waals surface area contributed by atoms with Gasteiger partial charge in [-0.3, -0.25) is 4.98 Å². The molecule has 90 valence electrons. The van der Waals surface area contributed by atoms with Crippen molar-refractivity contribution in [1.29, 1.82) is 0 Å². The van der Waals surface area contributed by atoms with Crippen molar-refractivity contribution in [2.24, 2.45) is 5.73 Å². The van der Waals surface area contributed by atoms with Gasteiger partial charge in [-0.2, -0.15) is 0 Å².